The van der Waals surface area contributed by atoms with Crippen LogP contribution in [0.4, 0.5) is 0 Å². The summed E-state index contributed by atoms with van der Waals surface area (Å²) in [4.78, 5) is 0. The van der Waals surface area contributed by atoms with Crippen LogP contribution in [-0.2, 0) is 0 Å². The number of halogens is 1. The van der Waals surface area contributed by atoms with Crippen molar-refractivity contribution in [3.63, 3.8) is 0 Å². The van der Waals surface area contributed by atoms with Crippen molar-refractivity contribution in [2.75, 3.05) is 0 Å². The average molecular weight is 508 g/mol. The highest BCUT2D eigenvalue weighted by Crippen LogP contribution is 2.38. The van der Waals surface area contributed by atoms with Crippen LogP contribution < -0.4 is 0 Å². The molecule has 0 atom stereocenters. The molecule has 31 heavy (non-hydrogen) atoms. The Bertz CT molecular complexity index is 1750. The molecule has 5 aromatic carbocycles. The number of hydrogen-bond donors (Lipinski definition) is 0. The normalized spacial score (nSPS) is 12.0. The zero-order valence-electron chi connectivity index (χ0n) is 16.6. The van der Waals surface area contributed by atoms with Gasteiger partial charge in [0.15, 0.2) is 0 Å². The largest absolute Gasteiger partial charge is 0.309 e. The highest BCUT2D eigenvalue weighted by Gasteiger charge is 2.15. The van der Waals surface area contributed by atoms with Crippen molar-refractivity contribution in [3.05, 3.63) is 103 Å². The van der Waals surface area contributed by atoms with Gasteiger partial charge in [-0.05, 0) is 47.2 Å². The average Bonchev–Trinajstić information content (AvgIpc) is 3.31. The molecule has 0 saturated carbocycles. The minimum Gasteiger partial charge on any atom is -0.309 e. The van der Waals surface area contributed by atoms with Gasteiger partial charge in [-0.15, -0.1) is 0 Å². The molecule has 2 aromatic heterocycles. The first-order valence-electron chi connectivity index (χ1n) is 10.4. The number of fused-ring (bicyclic) bond motifs is 8. The summed E-state index contributed by atoms with van der Waals surface area (Å²) in [5.74, 6) is 0. The third-order valence-electron chi connectivity index (χ3n) is 6.42. The van der Waals surface area contributed by atoms with Gasteiger partial charge in [0.2, 0.25) is 0 Å². The van der Waals surface area contributed by atoms with E-state index in [-0.39, 0.29) is 0 Å². The minimum absolute atomic E-state index is 1.20. The van der Waals surface area contributed by atoms with E-state index in [1.165, 1.54) is 60.1 Å². The van der Waals surface area contributed by atoms with E-state index in [1.807, 2.05) is 0 Å². The summed E-state index contributed by atoms with van der Waals surface area (Å²) in [6.07, 6.45) is 0. The van der Waals surface area contributed by atoms with Gasteiger partial charge in [0.05, 0.1) is 44.9 Å². The molecule has 0 saturated heterocycles. The standard InChI is InChI=1S/C28H17IN2/c29-31-26-16-14-19(17-23(26)28-20-8-2-1-7-18(20)13-15-27(28)31)30-24-11-5-3-9-21(24)22-10-4-6-12-25(22)30/h1-17H. The van der Waals surface area contributed by atoms with Crippen LogP contribution in [0.15, 0.2) is 103 Å². The van der Waals surface area contributed by atoms with E-state index in [9.17, 15) is 0 Å². The van der Waals surface area contributed by atoms with Gasteiger partial charge in [0.25, 0.3) is 0 Å². The maximum absolute atomic E-state index is 2.43. The maximum atomic E-state index is 2.43. The molecular formula is C28H17IN2. The fourth-order valence-electron chi connectivity index (χ4n) is 5.07. The maximum Gasteiger partial charge on any atom is 0.0646 e. The van der Waals surface area contributed by atoms with E-state index in [2.05, 4.69) is 133 Å². The molecule has 0 aliphatic rings. The number of rotatable bonds is 1. The molecular weight excluding hydrogens is 491 g/mol. The Morgan fingerprint density at radius 1 is 0.484 bits per heavy atom. The van der Waals surface area contributed by atoms with Gasteiger partial charge in [-0.2, -0.15) is 0 Å². The second-order valence-electron chi connectivity index (χ2n) is 8.03. The zero-order chi connectivity index (χ0) is 20.5. The van der Waals surface area contributed by atoms with Gasteiger partial charge in [0.1, 0.15) is 0 Å². The minimum atomic E-state index is 1.20. The molecule has 3 heteroatoms. The lowest BCUT2D eigenvalue weighted by Gasteiger charge is -2.08. The Morgan fingerprint density at radius 2 is 1.10 bits per heavy atom. The van der Waals surface area contributed by atoms with E-state index in [4.69, 9.17) is 0 Å². The summed E-state index contributed by atoms with van der Waals surface area (Å²) < 4.78 is 4.68. The first kappa shape index (κ1) is 17.4. The topological polar surface area (TPSA) is 9.86 Å². The van der Waals surface area contributed by atoms with Crippen molar-refractivity contribution in [2.45, 2.75) is 0 Å². The van der Waals surface area contributed by atoms with Crippen LogP contribution in [-0.4, -0.2) is 7.35 Å². The van der Waals surface area contributed by atoms with Crippen molar-refractivity contribution in [1.29, 1.82) is 0 Å². The summed E-state index contributed by atoms with van der Waals surface area (Å²) in [7, 11) is 0. The second kappa shape index (κ2) is 6.34. The molecule has 0 unspecified atom stereocenters. The molecule has 2 heterocycles. The number of para-hydroxylation sites is 2. The Kier molecular flexibility index (Phi) is 3.56. The molecule has 0 radical (unpaired) electrons. The summed E-state index contributed by atoms with van der Waals surface area (Å²) in [6.45, 7) is 0. The number of aromatic nitrogens is 2. The van der Waals surface area contributed by atoms with Crippen LogP contribution in [0.2, 0.25) is 0 Å². The van der Waals surface area contributed by atoms with Crippen molar-refractivity contribution < 1.29 is 0 Å². The lowest BCUT2D eigenvalue weighted by atomic mass is 10.0. The first-order chi connectivity index (χ1) is 15.3. The predicted molar refractivity (Wildman–Crippen MR) is 141 cm³/mol. The van der Waals surface area contributed by atoms with Crippen molar-refractivity contribution in [1.82, 2.24) is 7.35 Å². The van der Waals surface area contributed by atoms with Gasteiger partial charge >= 0.3 is 0 Å². The Hall–Kier alpha value is -3.31. The second-order valence-corrected chi connectivity index (χ2v) is 9.00. The Balaban J connectivity index is 1.65. The predicted octanol–water partition coefficient (Wildman–Crippen LogP) is 8.24. The van der Waals surface area contributed by atoms with Gasteiger partial charge in [-0.25, -0.2) is 0 Å². The summed E-state index contributed by atoms with van der Waals surface area (Å²) in [5.41, 5.74) is 6.18. The van der Waals surface area contributed by atoms with Crippen molar-refractivity contribution in [2.24, 2.45) is 0 Å². The molecule has 0 N–H and O–H groups in total. The monoisotopic (exact) mass is 508 g/mol. The summed E-state index contributed by atoms with van der Waals surface area (Å²) in [6, 6.07) is 37.4. The van der Waals surface area contributed by atoms with E-state index >= 15 is 0 Å². The van der Waals surface area contributed by atoms with Crippen LogP contribution in [0.3, 0.4) is 0 Å². The molecule has 0 fully saturated rings. The smallest absolute Gasteiger partial charge is 0.0646 e. The van der Waals surface area contributed by atoms with E-state index < -0.39 is 0 Å². The van der Waals surface area contributed by atoms with Crippen LogP contribution in [0, 0.1) is 0 Å². The highest BCUT2D eigenvalue weighted by molar-refractivity contribution is 14.1. The number of hydrogen-bond acceptors (Lipinski definition) is 0. The van der Waals surface area contributed by atoms with E-state index in [0.717, 1.165) is 0 Å². The molecule has 2 nitrogen and oxygen atoms in total. The lowest BCUT2D eigenvalue weighted by molar-refractivity contribution is 1.19. The van der Waals surface area contributed by atoms with Crippen LogP contribution in [0.1, 0.15) is 0 Å². The van der Waals surface area contributed by atoms with E-state index in [0.29, 0.717) is 0 Å². The van der Waals surface area contributed by atoms with Crippen molar-refractivity contribution >= 4 is 77.2 Å². The SMILES string of the molecule is In1c2ccc(-n3c4ccccc4c4ccccc43)cc2c2c3ccccc3ccc21. The molecule has 7 rings (SSSR count). The van der Waals surface area contributed by atoms with Gasteiger partial charge in [-0.1, -0.05) is 66.7 Å². The fourth-order valence-corrected chi connectivity index (χ4v) is 5.89. The summed E-state index contributed by atoms with van der Waals surface area (Å²) in [5, 5.41) is 7.78. The van der Waals surface area contributed by atoms with Crippen molar-refractivity contribution in [3.8, 4) is 5.69 Å². The lowest BCUT2D eigenvalue weighted by Crippen LogP contribution is -1.93. The number of benzene rings is 5. The van der Waals surface area contributed by atoms with Crippen LogP contribution in [0.5, 0.6) is 0 Å². The third-order valence-corrected chi connectivity index (χ3v) is 7.46. The Labute approximate surface area is 192 Å². The molecule has 7 aromatic rings. The van der Waals surface area contributed by atoms with Gasteiger partial charge in [0, 0.05) is 27.2 Å². The molecule has 0 aliphatic carbocycles. The van der Waals surface area contributed by atoms with Crippen LogP contribution in [0.25, 0.3) is 60.1 Å². The Morgan fingerprint density at radius 3 is 1.84 bits per heavy atom. The molecule has 0 amide bonds. The zero-order valence-corrected chi connectivity index (χ0v) is 18.7. The first-order valence-corrected chi connectivity index (χ1v) is 11.4. The molecule has 0 aliphatic heterocycles. The quantitative estimate of drug-likeness (QED) is 0.198. The molecule has 0 spiro atoms. The molecule has 146 valence electrons. The summed E-state index contributed by atoms with van der Waals surface area (Å²) >= 11 is 2.43. The van der Waals surface area contributed by atoms with E-state index in [1.54, 1.807) is 0 Å². The van der Waals surface area contributed by atoms with Crippen LogP contribution >= 0.6 is 22.9 Å². The molecule has 0 bridgehead atoms. The van der Waals surface area contributed by atoms with Gasteiger partial charge < -0.3 is 4.57 Å². The fraction of sp³-hybridized carbons (Fsp3) is 0. The number of nitrogens with zero attached hydrogens (tertiary/aromatic N) is 2. The third kappa shape index (κ3) is 2.32. The van der Waals surface area contributed by atoms with Gasteiger partial charge in [-0.3, -0.25) is 2.78 Å². The highest BCUT2D eigenvalue weighted by atomic mass is 127.